The van der Waals surface area contributed by atoms with Crippen molar-refractivity contribution >= 4 is 21.6 Å². The SMILES string of the molecule is FC(F)(F)C1Cc2ccc(Br)cc2N1. The van der Waals surface area contributed by atoms with E-state index in [0.29, 0.717) is 5.69 Å². The molecule has 1 heterocycles. The van der Waals surface area contributed by atoms with Gasteiger partial charge in [-0.15, -0.1) is 0 Å². The van der Waals surface area contributed by atoms with Crippen LogP contribution in [0, 0.1) is 0 Å². The molecule has 0 radical (unpaired) electrons. The van der Waals surface area contributed by atoms with Crippen molar-refractivity contribution in [2.45, 2.75) is 18.6 Å². The average molecular weight is 266 g/mol. The Bertz CT molecular complexity index is 362. The maximum Gasteiger partial charge on any atom is 0.408 e. The number of benzene rings is 1. The van der Waals surface area contributed by atoms with Crippen molar-refractivity contribution < 1.29 is 13.2 Å². The largest absolute Gasteiger partial charge is 0.408 e. The van der Waals surface area contributed by atoms with Gasteiger partial charge < -0.3 is 5.32 Å². The summed E-state index contributed by atoms with van der Waals surface area (Å²) in [4.78, 5) is 0. The molecule has 2 rings (SSSR count). The van der Waals surface area contributed by atoms with E-state index in [1.807, 2.05) is 0 Å². The molecule has 0 saturated heterocycles. The fourth-order valence-electron chi connectivity index (χ4n) is 1.52. The fourth-order valence-corrected chi connectivity index (χ4v) is 1.88. The minimum absolute atomic E-state index is 0.0200. The summed E-state index contributed by atoms with van der Waals surface area (Å²) in [5.41, 5.74) is 1.29. The van der Waals surface area contributed by atoms with Crippen LogP contribution in [0.4, 0.5) is 18.9 Å². The Balaban J connectivity index is 2.26. The van der Waals surface area contributed by atoms with Crippen LogP contribution in [0.1, 0.15) is 5.56 Å². The summed E-state index contributed by atoms with van der Waals surface area (Å²) in [5.74, 6) is 0. The average Bonchev–Trinajstić information content (AvgIpc) is 2.45. The highest BCUT2D eigenvalue weighted by Crippen LogP contribution is 2.35. The van der Waals surface area contributed by atoms with Crippen LogP contribution in [-0.4, -0.2) is 12.2 Å². The molecule has 5 heteroatoms. The van der Waals surface area contributed by atoms with Crippen LogP contribution in [0.5, 0.6) is 0 Å². The lowest BCUT2D eigenvalue weighted by Crippen LogP contribution is -2.34. The first-order valence-corrected chi connectivity index (χ1v) is 4.88. The molecule has 1 aromatic rings. The van der Waals surface area contributed by atoms with Crippen LogP contribution in [0.25, 0.3) is 0 Å². The topological polar surface area (TPSA) is 12.0 Å². The van der Waals surface area contributed by atoms with Crippen molar-refractivity contribution in [3.63, 3.8) is 0 Å². The number of alkyl halides is 3. The van der Waals surface area contributed by atoms with Crippen molar-refractivity contribution in [2.24, 2.45) is 0 Å². The molecular weight excluding hydrogens is 259 g/mol. The number of hydrogen-bond donors (Lipinski definition) is 1. The van der Waals surface area contributed by atoms with Gasteiger partial charge >= 0.3 is 6.18 Å². The van der Waals surface area contributed by atoms with E-state index in [1.165, 1.54) is 0 Å². The van der Waals surface area contributed by atoms with Gasteiger partial charge in [-0.05, 0) is 17.7 Å². The number of nitrogens with one attached hydrogen (secondary N) is 1. The molecule has 0 aliphatic carbocycles. The molecule has 76 valence electrons. The second-order valence-electron chi connectivity index (χ2n) is 3.24. The van der Waals surface area contributed by atoms with Gasteiger partial charge in [0.2, 0.25) is 0 Å². The Morgan fingerprint density at radius 3 is 2.71 bits per heavy atom. The highest BCUT2D eigenvalue weighted by Gasteiger charge is 2.42. The normalized spacial score (nSPS) is 20.4. The number of anilines is 1. The highest BCUT2D eigenvalue weighted by molar-refractivity contribution is 9.10. The van der Waals surface area contributed by atoms with Crippen LogP contribution >= 0.6 is 15.9 Å². The highest BCUT2D eigenvalue weighted by atomic mass is 79.9. The zero-order chi connectivity index (χ0) is 10.3. The van der Waals surface area contributed by atoms with Crippen molar-refractivity contribution in [1.82, 2.24) is 0 Å². The maximum atomic E-state index is 12.4. The van der Waals surface area contributed by atoms with E-state index in [4.69, 9.17) is 0 Å². The van der Waals surface area contributed by atoms with E-state index in [1.54, 1.807) is 18.2 Å². The number of fused-ring (bicyclic) bond motifs is 1. The Labute approximate surface area is 87.4 Å². The van der Waals surface area contributed by atoms with Crippen molar-refractivity contribution in [3.8, 4) is 0 Å². The molecule has 0 saturated carbocycles. The summed E-state index contributed by atoms with van der Waals surface area (Å²) in [6.45, 7) is 0. The van der Waals surface area contributed by atoms with Gasteiger partial charge in [-0.25, -0.2) is 0 Å². The third-order valence-electron chi connectivity index (χ3n) is 2.22. The predicted molar refractivity (Wildman–Crippen MR) is 51.3 cm³/mol. The smallest absolute Gasteiger partial charge is 0.373 e. The third kappa shape index (κ3) is 1.73. The summed E-state index contributed by atoms with van der Waals surface area (Å²) in [6.07, 6.45) is -4.16. The molecule has 0 spiro atoms. The first-order chi connectivity index (χ1) is 6.47. The molecule has 1 atom stereocenters. The van der Waals surface area contributed by atoms with Gasteiger partial charge in [-0.1, -0.05) is 22.0 Å². The van der Waals surface area contributed by atoms with Gasteiger partial charge in [0.05, 0.1) is 0 Å². The molecule has 1 aliphatic rings. The lowest BCUT2D eigenvalue weighted by atomic mass is 10.1. The van der Waals surface area contributed by atoms with E-state index in [0.717, 1.165) is 10.0 Å². The van der Waals surface area contributed by atoms with Crippen LogP contribution in [0.15, 0.2) is 22.7 Å². The zero-order valence-electron chi connectivity index (χ0n) is 7.03. The Morgan fingerprint density at radius 2 is 2.07 bits per heavy atom. The lowest BCUT2D eigenvalue weighted by molar-refractivity contribution is -0.140. The van der Waals surface area contributed by atoms with Crippen molar-refractivity contribution in [1.29, 1.82) is 0 Å². The van der Waals surface area contributed by atoms with E-state index < -0.39 is 12.2 Å². The molecule has 0 bridgehead atoms. The van der Waals surface area contributed by atoms with Crippen LogP contribution in [0.2, 0.25) is 0 Å². The predicted octanol–water partition coefficient (Wildman–Crippen LogP) is 3.35. The zero-order valence-corrected chi connectivity index (χ0v) is 8.61. The molecule has 0 aromatic heterocycles. The van der Waals surface area contributed by atoms with Gasteiger partial charge in [0.15, 0.2) is 0 Å². The Kier molecular flexibility index (Phi) is 2.21. The number of rotatable bonds is 0. The molecule has 1 N–H and O–H groups in total. The van der Waals surface area contributed by atoms with E-state index in [9.17, 15) is 13.2 Å². The number of halogens is 4. The summed E-state index contributed by atoms with van der Waals surface area (Å²) in [7, 11) is 0. The second kappa shape index (κ2) is 3.15. The lowest BCUT2D eigenvalue weighted by Gasteiger charge is -2.14. The summed E-state index contributed by atoms with van der Waals surface area (Å²) in [5, 5.41) is 2.46. The summed E-state index contributed by atoms with van der Waals surface area (Å²) < 4.78 is 37.8. The van der Waals surface area contributed by atoms with E-state index in [2.05, 4.69) is 21.2 Å². The van der Waals surface area contributed by atoms with E-state index in [-0.39, 0.29) is 6.42 Å². The molecule has 1 aliphatic heterocycles. The molecule has 14 heavy (non-hydrogen) atoms. The minimum Gasteiger partial charge on any atom is -0.373 e. The molecule has 0 amide bonds. The van der Waals surface area contributed by atoms with Gasteiger partial charge in [-0.2, -0.15) is 13.2 Å². The standard InChI is InChI=1S/C9H7BrF3N/c10-6-2-1-5-3-8(9(11,12)13)14-7(5)4-6/h1-2,4,8,14H,3H2. The van der Waals surface area contributed by atoms with Gasteiger partial charge in [0, 0.05) is 16.6 Å². The summed E-state index contributed by atoms with van der Waals surface area (Å²) in [6, 6.07) is 3.69. The van der Waals surface area contributed by atoms with E-state index >= 15 is 0 Å². The van der Waals surface area contributed by atoms with Crippen LogP contribution < -0.4 is 5.32 Å². The molecule has 1 unspecified atom stereocenters. The van der Waals surface area contributed by atoms with Crippen molar-refractivity contribution in [3.05, 3.63) is 28.2 Å². The second-order valence-corrected chi connectivity index (χ2v) is 4.16. The molecular formula is C9H7BrF3N. The molecule has 0 fully saturated rings. The Hall–Kier alpha value is -0.710. The third-order valence-corrected chi connectivity index (χ3v) is 2.71. The Morgan fingerprint density at radius 1 is 1.36 bits per heavy atom. The minimum atomic E-state index is -4.18. The molecule has 1 nitrogen and oxygen atoms in total. The molecule has 1 aromatic carbocycles. The van der Waals surface area contributed by atoms with Gasteiger partial charge in [0.1, 0.15) is 6.04 Å². The summed E-state index contributed by atoms with van der Waals surface area (Å²) >= 11 is 3.21. The first-order valence-electron chi connectivity index (χ1n) is 4.08. The van der Waals surface area contributed by atoms with Gasteiger partial charge in [0.25, 0.3) is 0 Å². The van der Waals surface area contributed by atoms with Gasteiger partial charge in [-0.3, -0.25) is 0 Å². The first kappa shape index (κ1) is 9.83. The van der Waals surface area contributed by atoms with Crippen molar-refractivity contribution in [2.75, 3.05) is 5.32 Å². The van der Waals surface area contributed by atoms with Crippen LogP contribution in [0.3, 0.4) is 0 Å². The monoisotopic (exact) mass is 265 g/mol. The quantitative estimate of drug-likeness (QED) is 0.759. The fraction of sp³-hybridized carbons (Fsp3) is 0.333. The maximum absolute atomic E-state index is 12.4. The van der Waals surface area contributed by atoms with Crippen LogP contribution in [-0.2, 0) is 6.42 Å². The number of hydrogen-bond acceptors (Lipinski definition) is 1.